The van der Waals surface area contributed by atoms with Gasteiger partial charge >= 0.3 is 0 Å². The summed E-state index contributed by atoms with van der Waals surface area (Å²) in [6.45, 7) is 2.82. The number of rotatable bonds is 3. The van der Waals surface area contributed by atoms with Crippen LogP contribution in [0.1, 0.15) is 30.1 Å². The number of benzene rings is 2. The largest absolute Gasteiger partial charge is 0.376 e. The Hall–Kier alpha value is -1.87. The van der Waals surface area contributed by atoms with Crippen LogP contribution in [0.3, 0.4) is 0 Å². The highest BCUT2D eigenvalue weighted by Crippen LogP contribution is 2.18. The lowest BCUT2D eigenvalue weighted by atomic mass is 10.1. The number of nitrogens with one attached hydrogen (secondary N) is 1. The van der Waals surface area contributed by atoms with E-state index in [1.54, 1.807) is 0 Å². The SMILES string of the molecule is C[C@H](NC(=O)c1ccc2ccccc2c1)[C@@H]1CCCO1. The third-order valence-corrected chi connectivity index (χ3v) is 3.89. The summed E-state index contributed by atoms with van der Waals surface area (Å²) in [6.07, 6.45) is 2.26. The number of carbonyl (C=O) groups is 1. The van der Waals surface area contributed by atoms with Crippen LogP contribution in [-0.2, 0) is 4.74 Å². The molecule has 3 heteroatoms. The molecule has 0 saturated carbocycles. The van der Waals surface area contributed by atoms with Crippen LogP contribution in [0.15, 0.2) is 42.5 Å². The van der Waals surface area contributed by atoms with E-state index in [-0.39, 0.29) is 18.1 Å². The third kappa shape index (κ3) is 2.68. The fourth-order valence-electron chi connectivity index (χ4n) is 2.71. The number of ether oxygens (including phenoxy) is 1. The van der Waals surface area contributed by atoms with E-state index in [0.29, 0.717) is 5.56 Å². The molecule has 1 aliphatic heterocycles. The molecule has 0 aromatic heterocycles. The number of fused-ring (bicyclic) bond motifs is 1. The first-order valence-electron chi connectivity index (χ1n) is 7.15. The molecule has 2 aromatic rings. The number of amides is 1. The number of hydrogen-bond donors (Lipinski definition) is 1. The van der Waals surface area contributed by atoms with Gasteiger partial charge in [-0.15, -0.1) is 0 Å². The van der Waals surface area contributed by atoms with E-state index in [9.17, 15) is 4.79 Å². The summed E-state index contributed by atoms with van der Waals surface area (Å²) < 4.78 is 5.61. The first-order chi connectivity index (χ1) is 9.74. The van der Waals surface area contributed by atoms with E-state index in [1.807, 2.05) is 49.4 Å². The molecule has 1 aliphatic rings. The number of carbonyl (C=O) groups excluding carboxylic acids is 1. The zero-order chi connectivity index (χ0) is 13.9. The van der Waals surface area contributed by atoms with Crippen LogP contribution in [0.5, 0.6) is 0 Å². The molecule has 1 heterocycles. The molecule has 3 rings (SSSR count). The standard InChI is InChI=1S/C17H19NO2/c1-12(16-7-4-10-20-16)18-17(19)15-9-8-13-5-2-3-6-14(13)11-15/h2-3,5-6,8-9,11-12,16H,4,7,10H2,1H3,(H,18,19)/t12-,16-/m0/s1. The van der Waals surface area contributed by atoms with Crippen molar-refractivity contribution in [2.75, 3.05) is 6.61 Å². The van der Waals surface area contributed by atoms with Crippen molar-refractivity contribution in [1.29, 1.82) is 0 Å². The van der Waals surface area contributed by atoms with Crippen LogP contribution >= 0.6 is 0 Å². The average Bonchev–Trinajstić information content (AvgIpc) is 3.01. The molecule has 1 amide bonds. The molecule has 2 atom stereocenters. The van der Waals surface area contributed by atoms with E-state index in [0.717, 1.165) is 30.2 Å². The molecule has 1 fully saturated rings. The summed E-state index contributed by atoms with van der Waals surface area (Å²) in [7, 11) is 0. The average molecular weight is 269 g/mol. The van der Waals surface area contributed by atoms with Crippen molar-refractivity contribution in [3.63, 3.8) is 0 Å². The van der Waals surface area contributed by atoms with E-state index in [4.69, 9.17) is 4.74 Å². The lowest BCUT2D eigenvalue weighted by Crippen LogP contribution is -2.40. The van der Waals surface area contributed by atoms with Crippen molar-refractivity contribution in [3.8, 4) is 0 Å². The second kappa shape index (κ2) is 5.63. The second-order valence-electron chi connectivity index (χ2n) is 5.38. The predicted octanol–water partition coefficient (Wildman–Crippen LogP) is 3.14. The Morgan fingerprint density at radius 1 is 1.25 bits per heavy atom. The third-order valence-electron chi connectivity index (χ3n) is 3.89. The quantitative estimate of drug-likeness (QED) is 0.929. The molecule has 20 heavy (non-hydrogen) atoms. The van der Waals surface area contributed by atoms with Crippen LogP contribution in [0.4, 0.5) is 0 Å². The zero-order valence-electron chi connectivity index (χ0n) is 11.6. The first-order valence-corrected chi connectivity index (χ1v) is 7.15. The lowest BCUT2D eigenvalue weighted by Gasteiger charge is -2.20. The molecule has 0 unspecified atom stereocenters. The predicted molar refractivity (Wildman–Crippen MR) is 79.9 cm³/mol. The summed E-state index contributed by atoms with van der Waals surface area (Å²) in [5.41, 5.74) is 0.702. The zero-order valence-corrected chi connectivity index (χ0v) is 11.6. The molecule has 1 N–H and O–H groups in total. The molecular formula is C17H19NO2. The van der Waals surface area contributed by atoms with Gasteiger partial charge in [0.2, 0.25) is 0 Å². The van der Waals surface area contributed by atoms with Gasteiger partial charge in [0.25, 0.3) is 5.91 Å². The minimum atomic E-state index is -0.0289. The van der Waals surface area contributed by atoms with Crippen molar-refractivity contribution in [2.45, 2.75) is 31.9 Å². The topological polar surface area (TPSA) is 38.3 Å². The van der Waals surface area contributed by atoms with Gasteiger partial charge in [-0.1, -0.05) is 30.3 Å². The highest BCUT2D eigenvalue weighted by molar-refractivity contribution is 5.98. The smallest absolute Gasteiger partial charge is 0.251 e. The van der Waals surface area contributed by atoms with Gasteiger partial charge < -0.3 is 10.1 Å². The van der Waals surface area contributed by atoms with Crippen LogP contribution in [0.2, 0.25) is 0 Å². The maximum absolute atomic E-state index is 12.3. The molecule has 1 saturated heterocycles. The van der Waals surface area contributed by atoms with Crippen LogP contribution in [0, 0.1) is 0 Å². The van der Waals surface area contributed by atoms with E-state index < -0.39 is 0 Å². The Labute approximate surface area is 118 Å². The fourth-order valence-corrected chi connectivity index (χ4v) is 2.71. The maximum atomic E-state index is 12.3. The first kappa shape index (κ1) is 13.1. The van der Waals surface area contributed by atoms with Gasteiger partial charge in [0, 0.05) is 12.2 Å². The van der Waals surface area contributed by atoms with Crippen LogP contribution in [-0.4, -0.2) is 24.7 Å². The second-order valence-corrected chi connectivity index (χ2v) is 5.38. The lowest BCUT2D eigenvalue weighted by molar-refractivity contribution is 0.0712. The van der Waals surface area contributed by atoms with Crippen molar-refractivity contribution >= 4 is 16.7 Å². The van der Waals surface area contributed by atoms with E-state index in [1.165, 1.54) is 0 Å². The Morgan fingerprint density at radius 3 is 2.80 bits per heavy atom. The summed E-state index contributed by atoms with van der Waals surface area (Å²) in [4.78, 5) is 12.3. The normalized spacial score (nSPS) is 19.9. The minimum absolute atomic E-state index is 0.0289. The monoisotopic (exact) mass is 269 g/mol. The van der Waals surface area contributed by atoms with Gasteiger partial charge in [-0.05, 0) is 42.7 Å². The molecule has 0 aliphatic carbocycles. The summed E-state index contributed by atoms with van der Waals surface area (Å²) in [5.74, 6) is -0.0289. The Bertz CT molecular complexity index is 617. The summed E-state index contributed by atoms with van der Waals surface area (Å²) in [6, 6.07) is 13.9. The van der Waals surface area contributed by atoms with Gasteiger partial charge in [0.15, 0.2) is 0 Å². The maximum Gasteiger partial charge on any atom is 0.251 e. The Balaban J connectivity index is 1.74. The summed E-state index contributed by atoms with van der Waals surface area (Å²) in [5, 5.41) is 5.28. The van der Waals surface area contributed by atoms with Crippen molar-refractivity contribution in [2.24, 2.45) is 0 Å². The Morgan fingerprint density at radius 2 is 2.05 bits per heavy atom. The van der Waals surface area contributed by atoms with Crippen LogP contribution in [0.25, 0.3) is 10.8 Å². The Kier molecular flexibility index (Phi) is 3.70. The summed E-state index contributed by atoms with van der Waals surface area (Å²) >= 11 is 0. The van der Waals surface area contributed by atoms with Gasteiger partial charge in [-0.25, -0.2) is 0 Å². The molecule has 0 spiro atoms. The van der Waals surface area contributed by atoms with Gasteiger partial charge in [0.1, 0.15) is 0 Å². The van der Waals surface area contributed by atoms with E-state index >= 15 is 0 Å². The van der Waals surface area contributed by atoms with Gasteiger partial charge in [-0.3, -0.25) is 4.79 Å². The molecule has 2 aromatic carbocycles. The van der Waals surface area contributed by atoms with Gasteiger partial charge in [-0.2, -0.15) is 0 Å². The highest BCUT2D eigenvalue weighted by atomic mass is 16.5. The molecule has 0 bridgehead atoms. The van der Waals surface area contributed by atoms with Crippen LogP contribution < -0.4 is 5.32 Å². The highest BCUT2D eigenvalue weighted by Gasteiger charge is 2.23. The van der Waals surface area contributed by atoms with Gasteiger partial charge in [0.05, 0.1) is 12.1 Å². The van der Waals surface area contributed by atoms with Crippen molar-refractivity contribution in [1.82, 2.24) is 5.32 Å². The molecule has 0 radical (unpaired) electrons. The molecule has 3 nitrogen and oxygen atoms in total. The molecular weight excluding hydrogens is 250 g/mol. The minimum Gasteiger partial charge on any atom is -0.376 e. The van der Waals surface area contributed by atoms with Crippen molar-refractivity contribution in [3.05, 3.63) is 48.0 Å². The van der Waals surface area contributed by atoms with E-state index in [2.05, 4.69) is 5.32 Å². The van der Waals surface area contributed by atoms with Crippen molar-refractivity contribution < 1.29 is 9.53 Å². The molecule has 104 valence electrons. The fraction of sp³-hybridized carbons (Fsp3) is 0.353. The number of hydrogen-bond acceptors (Lipinski definition) is 2.